The van der Waals surface area contributed by atoms with E-state index in [1.807, 2.05) is 6.92 Å². The van der Waals surface area contributed by atoms with Gasteiger partial charge >= 0.3 is 0 Å². The molecule has 3 rings (SSSR count). The van der Waals surface area contributed by atoms with Gasteiger partial charge in [0.15, 0.2) is 0 Å². The summed E-state index contributed by atoms with van der Waals surface area (Å²) in [4.78, 5) is 0.351. The quantitative estimate of drug-likeness (QED) is 0.795. The van der Waals surface area contributed by atoms with Crippen molar-refractivity contribution >= 4 is 25.7 Å². The zero-order valence-electron chi connectivity index (χ0n) is 15.3. The Morgan fingerprint density at radius 1 is 0.815 bits per heavy atom. The zero-order chi connectivity index (χ0) is 19.5. The third-order valence-electron chi connectivity index (χ3n) is 4.70. The number of piperidine rings is 1. The maximum Gasteiger partial charge on any atom is 0.261 e. The fourth-order valence-corrected chi connectivity index (χ4v) is 5.64. The molecule has 0 spiro atoms. The number of nitrogens with one attached hydrogen (secondary N) is 1. The molecule has 0 atom stereocenters. The van der Waals surface area contributed by atoms with Crippen molar-refractivity contribution in [2.45, 2.75) is 42.4 Å². The number of benzene rings is 2. The fraction of sp³-hybridized carbons (Fsp3) is 0.368. The van der Waals surface area contributed by atoms with Crippen molar-refractivity contribution in [2.24, 2.45) is 0 Å². The second-order valence-electron chi connectivity index (χ2n) is 6.59. The van der Waals surface area contributed by atoms with Crippen molar-refractivity contribution in [1.29, 1.82) is 0 Å². The van der Waals surface area contributed by atoms with Crippen LogP contribution in [-0.2, 0) is 26.5 Å². The van der Waals surface area contributed by atoms with E-state index in [4.69, 9.17) is 0 Å². The lowest BCUT2D eigenvalue weighted by molar-refractivity contribution is 0.346. The van der Waals surface area contributed by atoms with Gasteiger partial charge in [0, 0.05) is 18.8 Å². The van der Waals surface area contributed by atoms with Gasteiger partial charge in [0.1, 0.15) is 0 Å². The summed E-state index contributed by atoms with van der Waals surface area (Å²) in [7, 11) is -7.24. The van der Waals surface area contributed by atoms with Gasteiger partial charge in [-0.1, -0.05) is 25.5 Å². The van der Waals surface area contributed by atoms with Gasteiger partial charge in [0.05, 0.1) is 9.79 Å². The summed E-state index contributed by atoms with van der Waals surface area (Å²) in [6, 6.07) is 12.5. The molecule has 8 heteroatoms. The van der Waals surface area contributed by atoms with Crippen molar-refractivity contribution in [2.75, 3.05) is 17.8 Å². The van der Waals surface area contributed by atoms with Crippen molar-refractivity contribution in [1.82, 2.24) is 4.31 Å². The molecule has 0 saturated carbocycles. The standard InChI is InChI=1S/C19H24N2O4S2/c1-2-16-6-10-18(11-7-16)26(22,23)20-17-8-12-19(13-9-17)27(24,25)21-14-4-3-5-15-21/h6-13,20H,2-5,14-15H2,1H3. The topological polar surface area (TPSA) is 83.5 Å². The predicted octanol–water partition coefficient (Wildman–Crippen LogP) is 3.22. The largest absolute Gasteiger partial charge is 0.280 e. The molecular weight excluding hydrogens is 384 g/mol. The summed E-state index contributed by atoms with van der Waals surface area (Å²) in [5, 5.41) is 0. The van der Waals surface area contributed by atoms with Crippen LogP contribution in [0, 0.1) is 0 Å². The van der Waals surface area contributed by atoms with Gasteiger partial charge in [-0.25, -0.2) is 16.8 Å². The smallest absolute Gasteiger partial charge is 0.261 e. The fourth-order valence-electron chi connectivity index (χ4n) is 3.07. The molecule has 1 aliphatic rings. The molecule has 146 valence electrons. The molecule has 1 saturated heterocycles. The monoisotopic (exact) mass is 408 g/mol. The molecule has 0 radical (unpaired) electrons. The lowest BCUT2D eigenvalue weighted by Crippen LogP contribution is -2.35. The van der Waals surface area contributed by atoms with E-state index in [-0.39, 0.29) is 9.79 Å². The van der Waals surface area contributed by atoms with Crippen molar-refractivity contribution < 1.29 is 16.8 Å². The van der Waals surface area contributed by atoms with Gasteiger partial charge in [0.2, 0.25) is 10.0 Å². The minimum atomic E-state index is -3.72. The molecule has 0 bridgehead atoms. The molecule has 1 fully saturated rings. The first-order valence-electron chi connectivity index (χ1n) is 9.05. The maximum atomic E-state index is 12.7. The van der Waals surface area contributed by atoms with Gasteiger partial charge in [-0.15, -0.1) is 0 Å². The normalized spacial score (nSPS) is 16.2. The number of hydrogen-bond donors (Lipinski definition) is 1. The van der Waals surface area contributed by atoms with Crippen LogP contribution in [0.4, 0.5) is 5.69 Å². The Morgan fingerprint density at radius 2 is 1.37 bits per heavy atom. The van der Waals surface area contributed by atoms with Crippen molar-refractivity contribution in [3.8, 4) is 0 Å². The summed E-state index contributed by atoms with van der Waals surface area (Å²) < 4.78 is 54.3. The number of nitrogens with zero attached hydrogens (tertiary/aromatic N) is 1. The SMILES string of the molecule is CCc1ccc(S(=O)(=O)Nc2ccc(S(=O)(=O)N3CCCCC3)cc2)cc1. The van der Waals surface area contributed by atoms with Crippen LogP contribution in [-0.4, -0.2) is 34.2 Å². The summed E-state index contributed by atoms with van der Waals surface area (Å²) in [6.45, 7) is 3.07. The highest BCUT2D eigenvalue weighted by Crippen LogP contribution is 2.23. The average molecular weight is 409 g/mol. The number of anilines is 1. The number of rotatable bonds is 6. The molecule has 0 unspecified atom stereocenters. The number of sulfonamides is 2. The Kier molecular flexibility index (Phi) is 5.88. The van der Waals surface area contributed by atoms with E-state index < -0.39 is 20.0 Å². The molecule has 0 aliphatic carbocycles. The molecule has 2 aromatic carbocycles. The highest BCUT2D eigenvalue weighted by Gasteiger charge is 2.25. The third-order valence-corrected chi connectivity index (χ3v) is 8.01. The number of hydrogen-bond acceptors (Lipinski definition) is 4. The minimum absolute atomic E-state index is 0.171. The van der Waals surface area contributed by atoms with E-state index in [9.17, 15) is 16.8 Å². The molecular formula is C19H24N2O4S2. The molecule has 6 nitrogen and oxygen atoms in total. The maximum absolute atomic E-state index is 12.7. The number of aryl methyl sites for hydroxylation is 1. The third kappa shape index (κ3) is 4.51. The second kappa shape index (κ2) is 8.00. The van der Waals surface area contributed by atoms with Crippen LogP contribution in [0.1, 0.15) is 31.7 Å². The van der Waals surface area contributed by atoms with Gasteiger partial charge in [-0.05, 0) is 61.2 Å². The molecule has 2 aromatic rings. The van der Waals surface area contributed by atoms with Gasteiger partial charge in [-0.2, -0.15) is 4.31 Å². The van der Waals surface area contributed by atoms with E-state index in [0.717, 1.165) is 31.2 Å². The van der Waals surface area contributed by atoms with Gasteiger partial charge < -0.3 is 0 Å². The highest BCUT2D eigenvalue weighted by molar-refractivity contribution is 7.92. The van der Waals surface area contributed by atoms with Gasteiger partial charge in [-0.3, -0.25) is 4.72 Å². The lowest BCUT2D eigenvalue weighted by atomic mass is 10.2. The van der Waals surface area contributed by atoms with Crippen molar-refractivity contribution in [3.63, 3.8) is 0 Å². The Hall–Kier alpha value is -1.90. The molecule has 0 amide bonds. The second-order valence-corrected chi connectivity index (χ2v) is 10.2. The molecule has 1 N–H and O–H groups in total. The Labute approximate surface area is 161 Å². The van der Waals surface area contributed by atoms with Crippen LogP contribution in [0.15, 0.2) is 58.3 Å². The Morgan fingerprint density at radius 3 is 1.93 bits per heavy atom. The van der Waals surface area contributed by atoms with E-state index in [2.05, 4.69) is 4.72 Å². The molecule has 27 heavy (non-hydrogen) atoms. The minimum Gasteiger partial charge on any atom is -0.280 e. The Bertz CT molecular complexity index is 977. The molecule has 0 aromatic heterocycles. The van der Waals surface area contributed by atoms with Gasteiger partial charge in [0.25, 0.3) is 10.0 Å². The van der Waals surface area contributed by atoms with Crippen LogP contribution in [0.25, 0.3) is 0 Å². The van der Waals surface area contributed by atoms with E-state index in [1.54, 1.807) is 24.3 Å². The summed E-state index contributed by atoms with van der Waals surface area (Å²) >= 11 is 0. The van der Waals surface area contributed by atoms with E-state index >= 15 is 0 Å². The first kappa shape index (κ1) is 19.9. The highest BCUT2D eigenvalue weighted by atomic mass is 32.2. The summed E-state index contributed by atoms with van der Waals surface area (Å²) in [6.07, 6.45) is 3.62. The lowest BCUT2D eigenvalue weighted by Gasteiger charge is -2.25. The average Bonchev–Trinajstić information content (AvgIpc) is 2.69. The molecule has 1 heterocycles. The van der Waals surface area contributed by atoms with Crippen LogP contribution in [0.2, 0.25) is 0 Å². The predicted molar refractivity (Wildman–Crippen MR) is 106 cm³/mol. The van der Waals surface area contributed by atoms with Crippen LogP contribution >= 0.6 is 0 Å². The van der Waals surface area contributed by atoms with E-state index in [1.165, 1.54) is 28.6 Å². The molecule has 1 aliphatic heterocycles. The van der Waals surface area contributed by atoms with Crippen molar-refractivity contribution in [3.05, 3.63) is 54.1 Å². The van der Waals surface area contributed by atoms with E-state index in [0.29, 0.717) is 18.8 Å². The first-order valence-corrected chi connectivity index (χ1v) is 12.0. The van der Waals surface area contributed by atoms with Crippen LogP contribution in [0.3, 0.4) is 0 Å². The zero-order valence-corrected chi connectivity index (χ0v) is 16.9. The van der Waals surface area contributed by atoms with Crippen LogP contribution < -0.4 is 4.72 Å². The van der Waals surface area contributed by atoms with Crippen LogP contribution in [0.5, 0.6) is 0 Å². The Balaban J connectivity index is 1.76. The first-order chi connectivity index (χ1) is 12.8. The summed E-state index contributed by atoms with van der Waals surface area (Å²) in [5.41, 5.74) is 1.38. The summed E-state index contributed by atoms with van der Waals surface area (Å²) in [5.74, 6) is 0.